The first-order valence-corrected chi connectivity index (χ1v) is 5.20. The van der Waals surface area contributed by atoms with Crippen molar-refractivity contribution >= 4 is 0 Å². The van der Waals surface area contributed by atoms with Crippen molar-refractivity contribution in [3.63, 3.8) is 0 Å². The van der Waals surface area contributed by atoms with Gasteiger partial charge in [0.05, 0.1) is 18.5 Å². The number of ether oxygens (including phenoxy) is 1. The van der Waals surface area contributed by atoms with Gasteiger partial charge in [-0.3, -0.25) is 4.98 Å². The molecule has 0 saturated heterocycles. The molecule has 84 valence electrons. The maximum atomic E-state index is 5.28. The van der Waals surface area contributed by atoms with Crippen molar-refractivity contribution in [2.45, 2.75) is 39.8 Å². The van der Waals surface area contributed by atoms with Crippen molar-refractivity contribution in [1.29, 1.82) is 0 Å². The summed E-state index contributed by atoms with van der Waals surface area (Å²) in [5, 5.41) is 3.35. The zero-order valence-corrected chi connectivity index (χ0v) is 9.87. The number of hydrogen-bond donors (Lipinski definition) is 1. The highest BCUT2D eigenvalue weighted by molar-refractivity contribution is 5.08. The predicted octanol–water partition coefficient (Wildman–Crippen LogP) is 1.76. The molecule has 1 heterocycles. The van der Waals surface area contributed by atoms with Crippen LogP contribution in [-0.4, -0.2) is 22.1 Å². The molecule has 0 atom stereocenters. The summed E-state index contributed by atoms with van der Waals surface area (Å²) in [7, 11) is 0. The van der Waals surface area contributed by atoms with E-state index >= 15 is 0 Å². The van der Waals surface area contributed by atoms with Crippen molar-refractivity contribution in [2.75, 3.05) is 6.61 Å². The van der Waals surface area contributed by atoms with Crippen molar-refractivity contribution < 1.29 is 4.74 Å². The third kappa shape index (κ3) is 4.74. The van der Waals surface area contributed by atoms with Crippen LogP contribution in [0.1, 0.15) is 33.4 Å². The highest BCUT2D eigenvalue weighted by Gasteiger charge is 2.09. The minimum Gasteiger partial charge on any atom is -0.477 e. The van der Waals surface area contributed by atoms with Crippen LogP contribution in [0.25, 0.3) is 0 Å². The second kappa shape index (κ2) is 5.07. The molecule has 0 amide bonds. The first-order chi connectivity index (χ1) is 7.01. The molecule has 4 heteroatoms. The van der Waals surface area contributed by atoms with E-state index in [0.717, 1.165) is 5.69 Å². The highest BCUT2D eigenvalue weighted by Crippen LogP contribution is 2.06. The van der Waals surface area contributed by atoms with Gasteiger partial charge in [0.15, 0.2) is 0 Å². The fraction of sp³-hybridized carbons (Fsp3) is 0.636. The molecule has 0 saturated carbocycles. The summed E-state index contributed by atoms with van der Waals surface area (Å²) >= 11 is 0. The van der Waals surface area contributed by atoms with Crippen LogP contribution in [0.15, 0.2) is 12.4 Å². The van der Waals surface area contributed by atoms with Gasteiger partial charge in [0.1, 0.15) is 0 Å². The van der Waals surface area contributed by atoms with E-state index in [2.05, 4.69) is 36.1 Å². The molecule has 4 nitrogen and oxygen atoms in total. The Labute approximate surface area is 91.1 Å². The second-order valence-corrected chi connectivity index (χ2v) is 4.39. The Bertz CT molecular complexity index is 307. The number of nitrogens with zero attached hydrogens (tertiary/aromatic N) is 2. The van der Waals surface area contributed by atoms with E-state index in [1.165, 1.54) is 0 Å². The lowest BCUT2D eigenvalue weighted by Crippen LogP contribution is -2.35. The lowest BCUT2D eigenvalue weighted by atomic mass is 10.1. The summed E-state index contributed by atoms with van der Waals surface area (Å²) in [6, 6.07) is 0. The van der Waals surface area contributed by atoms with Crippen molar-refractivity contribution in [2.24, 2.45) is 0 Å². The molecule has 15 heavy (non-hydrogen) atoms. The van der Waals surface area contributed by atoms with Crippen LogP contribution < -0.4 is 10.1 Å². The van der Waals surface area contributed by atoms with Gasteiger partial charge in [0.2, 0.25) is 5.88 Å². The Hall–Kier alpha value is -1.16. The summed E-state index contributed by atoms with van der Waals surface area (Å²) in [6.45, 7) is 9.61. The van der Waals surface area contributed by atoms with Gasteiger partial charge in [-0.2, -0.15) is 0 Å². The fourth-order valence-corrected chi connectivity index (χ4v) is 1.04. The molecule has 0 bridgehead atoms. The van der Waals surface area contributed by atoms with Crippen LogP contribution >= 0.6 is 0 Å². The van der Waals surface area contributed by atoms with E-state index in [9.17, 15) is 0 Å². The van der Waals surface area contributed by atoms with Crippen LogP contribution in [0.2, 0.25) is 0 Å². The van der Waals surface area contributed by atoms with Crippen LogP contribution in [0.4, 0.5) is 0 Å². The van der Waals surface area contributed by atoms with Gasteiger partial charge in [-0.15, -0.1) is 0 Å². The molecule has 0 unspecified atom stereocenters. The molecule has 0 aromatic carbocycles. The highest BCUT2D eigenvalue weighted by atomic mass is 16.5. The van der Waals surface area contributed by atoms with Gasteiger partial charge < -0.3 is 10.1 Å². The van der Waals surface area contributed by atoms with E-state index in [0.29, 0.717) is 19.0 Å². The first kappa shape index (κ1) is 11.9. The largest absolute Gasteiger partial charge is 0.477 e. The van der Waals surface area contributed by atoms with Gasteiger partial charge in [0.25, 0.3) is 0 Å². The molecular weight excluding hydrogens is 190 g/mol. The summed E-state index contributed by atoms with van der Waals surface area (Å²) < 4.78 is 5.28. The number of hydrogen-bond acceptors (Lipinski definition) is 4. The fourth-order valence-electron chi connectivity index (χ4n) is 1.04. The van der Waals surface area contributed by atoms with Crippen LogP contribution in [-0.2, 0) is 6.54 Å². The van der Waals surface area contributed by atoms with E-state index in [-0.39, 0.29) is 5.54 Å². The van der Waals surface area contributed by atoms with E-state index in [4.69, 9.17) is 4.74 Å². The Morgan fingerprint density at radius 3 is 2.67 bits per heavy atom. The quantitative estimate of drug-likeness (QED) is 0.821. The monoisotopic (exact) mass is 209 g/mol. The molecule has 0 aliphatic carbocycles. The predicted molar refractivity (Wildman–Crippen MR) is 59.8 cm³/mol. The zero-order valence-electron chi connectivity index (χ0n) is 9.87. The third-order valence-corrected chi connectivity index (χ3v) is 1.75. The molecule has 1 N–H and O–H groups in total. The van der Waals surface area contributed by atoms with Crippen LogP contribution in [0, 0.1) is 0 Å². The average molecular weight is 209 g/mol. The Morgan fingerprint density at radius 2 is 2.07 bits per heavy atom. The maximum absolute atomic E-state index is 5.28. The lowest BCUT2D eigenvalue weighted by Gasteiger charge is -2.20. The van der Waals surface area contributed by atoms with Gasteiger partial charge in [-0.25, -0.2) is 4.98 Å². The Morgan fingerprint density at radius 1 is 1.33 bits per heavy atom. The van der Waals surface area contributed by atoms with Gasteiger partial charge in [-0.1, -0.05) is 0 Å². The smallest absolute Gasteiger partial charge is 0.232 e. The lowest BCUT2D eigenvalue weighted by molar-refractivity contribution is 0.322. The minimum absolute atomic E-state index is 0.0866. The number of aromatic nitrogens is 2. The molecular formula is C11H19N3O. The van der Waals surface area contributed by atoms with E-state index in [1.807, 2.05) is 6.92 Å². The maximum Gasteiger partial charge on any atom is 0.232 e. The first-order valence-electron chi connectivity index (χ1n) is 5.20. The zero-order chi connectivity index (χ0) is 11.3. The molecule has 0 fully saturated rings. The second-order valence-electron chi connectivity index (χ2n) is 4.39. The van der Waals surface area contributed by atoms with Crippen molar-refractivity contribution in [1.82, 2.24) is 15.3 Å². The SMILES string of the molecule is CCOc1cncc(CNC(C)(C)C)n1. The molecule has 0 aliphatic heterocycles. The van der Waals surface area contributed by atoms with E-state index < -0.39 is 0 Å². The average Bonchev–Trinajstić information content (AvgIpc) is 2.15. The topological polar surface area (TPSA) is 47.0 Å². The minimum atomic E-state index is 0.0866. The molecule has 0 aliphatic rings. The van der Waals surface area contributed by atoms with Gasteiger partial charge >= 0.3 is 0 Å². The number of nitrogens with one attached hydrogen (secondary N) is 1. The van der Waals surface area contributed by atoms with Gasteiger partial charge in [-0.05, 0) is 27.7 Å². The summed E-state index contributed by atoms with van der Waals surface area (Å²) in [5.41, 5.74) is 0.986. The van der Waals surface area contributed by atoms with Crippen molar-refractivity contribution in [3.05, 3.63) is 18.1 Å². The molecule has 0 radical (unpaired) electrons. The summed E-state index contributed by atoms with van der Waals surface area (Å²) in [6.07, 6.45) is 3.38. The summed E-state index contributed by atoms with van der Waals surface area (Å²) in [4.78, 5) is 8.39. The van der Waals surface area contributed by atoms with E-state index in [1.54, 1.807) is 12.4 Å². The van der Waals surface area contributed by atoms with Crippen LogP contribution in [0.5, 0.6) is 5.88 Å². The van der Waals surface area contributed by atoms with Crippen molar-refractivity contribution in [3.8, 4) is 5.88 Å². The molecule has 1 rings (SSSR count). The normalized spacial score (nSPS) is 11.5. The van der Waals surface area contributed by atoms with Gasteiger partial charge in [0, 0.05) is 18.3 Å². The number of rotatable bonds is 4. The Balaban J connectivity index is 2.57. The Kier molecular flexibility index (Phi) is 4.03. The molecule has 1 aromatic heterocycles. The third-order valence-electron chi connectivity index (χ3n) is 1.75. The molecule has 0 spiro atoms. The summed E-state index contributed by atoms with van der Waals surface area (Å²) in [5.74, 6) is 0.589. The van der Waals surface area contributed by atoms with Crippen LogP contribution in [0.3, 0.4) is 0 Å². The standard InChI is InChI=1S/C11H19N3O/c1-5-15-10-8-12-6-9(14-10)7-13-11(2,3)4/h6,8,13H,5,7H2,1-4H3. The molecule has 1 aromatic rings.